The minimum atomic E-state index is -3.42. The number of carbonyl (C=O) groups is 1. The van der Waals surface area contributed by atoms with E-state index in [0.29, 0.717) is 30.0 Å². The van der Waals surface area contributed by atoms with E-state index >= 15 is 0 Å². The van der Waals surface area contributed by atoms with Crippen LogP contribution in [0.1, 0.15) is 47.3 Å². The van der Waals surface area contributed by atoms with Gasteiger partial charge >= 0.3 is 0 Å². The number of aromatic nitrogens is 1. The third-order valence-corrected chi connectivity index (χ3v) is 6.92. The lowest BCUT2D eigenvalue weighted by Gasteiger charge is -2.25. The second-order valence-corrected chi connectivity index (χ2v) is 10.3. The number of nitrogens with zero attached hydrogens (tertiary/aromatic N) is 2. The Bertz CT molecular complexity index is 1120. The second-order valence-electron chi connectivity index (χ2n) is 8.27. The second kappa shape index (κ2) is 8.18. The standard InChI is InChI=1S/C22H25F2N3O3S/c1-31(29,30)17-7-3-6-16(14-17)25-21(28)18-13-15-5-2-8-19(15)26-20(18)27-11-4-9-22(23,24)10-12-27/h3,6-7,13-14H,2,4-5,8-12H2,1H3,(H,25,28). The van der Waals surface area contributed by atoms with Gasteiger partial charge in [-0.05, 0) is 55.5 Å². The number of rotatable bonds is 4. The van der Waals surface area contributed by atoms with Crippen LogP contribution < -0.4 is 10.2 Å². The maximum absolute atomic E-state index is 13.9. The van der Waals surface area contributed by atoms with E-state index < -0.39 is 21.7 Å². The number of carbonyl (C=O) groups excluding carboxylic acids is 1. The molecule has 1 N–H and O–H groups in total. The number of hydrogen-bond donors (Lipinski definition) is 1. The van der Waals surface area contributed by atoms with Crippen molar-refractivity contribution in [1.82, 2.24) is 4.98 Å². The normalized spacial score (nSPS) is 18.4. The number of nitrogens with one attached hydrogen (secondary N) is 1. The highest BCUT2D eigenvalue weighted by Crippen LogP contribution is 2.33. The lowest BCUT2D eigenvalue weighted by Crippen LogP contribution is -2.30. The maximum atomic E-state index is 13.9. The molecule has 0 radical (unpaired) electrons. The Balaban J connectivity index is 1.67. The topological polar surface area (TPSA) is 79.4 Å². The summed E-state index contributed by atoms with van der Waals surface area (Å²) in [7, 11) is -3.42. The molecule has 2 aromatic rings. The summed E-state index contributed by atoms with van der Waals surface area (Å²) in [5.41, 5.74) is 2.60. The van der Waals surface area contributed by atoms with Crippen molar-refractivity contribution in [2.75, 3.05) is 29.6 Å². The zero-order valence-electron chi connectivity index (χ0n) is 17.3. The number of benzene rings is 1. The highest BCUT2D eigenvalue weighted by Gasteiger charge is 2.33. The number of pyridine rings is 1. The van der Waals surface area contributed by atoms with Crippen LogP contribution in [0.4, 0.5) is 20.3 Å². The van der Waals surface area contributed by atoms with Crippen molar-refractivity contribution in [2.24, 2.45) is 0 Å². The molecule has 0 spiro atoms. The van der Waals surface area contributed by atoms with E-state index in [4.69, 9.17) is 4.98 Å². The minimum Gasteiger partial charge on any atom is -0.356 e. The molecule has 1 aliphatic carbocycles. The number of fused-ring (bicyclic) bond motifs is 1. The first-order valence-electron chi connectivity index (χ1n) is 10.4. The molecule has 0 atom stereocenters. The van der Waals surface area contributed by atoms with Crippen LogP contribution in [0.15, 0.2) is 35.2 Å². The van der Waals surface area contributed by atoms with E-state index in [0.717, 1.165) is 36.8 Å². The fourth-order valence-corrected chi connectivity index (χ4v) is 4.81. The van der Waals surface area contributed by atoms with Gasteiger partial charge in [0.1, 0.15) is 5.82 Å². The van der Waals surface area contributed by atoms with Gasteiger partial charge in [0.2, 0.25) is 5.92 Å². The Labute approximate surface area is 180 Å². The summed E-state index contributed by atoms with van der Waals surface area (Å²) >= 11 is 0. The Kier molecular flexibility index (Phi) is 5.72. The monoisotopic (exact) mass is 449 g/mol. The minimum absolute atomic E-state index is 0.104. The van der Waals surface area contributed by atoms with Crippen LogP contribution in [0.3, 0.4) is 0 Å². The Morgan fingerprint density at radius 1 is 1.13 bits per heavy atom. The summed E-state index contributed by atoms with van der Waals surface area (Å²) in [6.07, 6.45) is 3.56. The highest BCUT2D eigenvalue weighted by molar-refractivity contribution is 7.90. The molecule has 1 aromatic carbocycles. The molecule has 4 rings (SSSR count). The SMILES string of the molecule is CS(=O)(=O)c1cccc(NC(=O)c2cc3c(nc2N2CCCC(F)(F)CC2)CCC3)c1. The van der Waals surface area contributed by atoms with Crippen molar-refractivity contribution < 1.29 is 22.0 Å². The number of amides is 1. The zero-order valence-corrected chi connectivity index (χ0v) is 18.1. The predicted octanol–water partition coefficient (Wildman–Crippen LogP) is 3.85. The maximum Gasteiger partial charge on any atom is 0.259 e. The first-order chi connectivity index (χ1) is 14.6. The molecular weight excluding hydrogens is 424 g/mol. The van der Waals surface area contributed by atoms with E-state index in [9.17, 15) is 22.0 Å². The van der Waals surface area contributed by atoms with E-state index in [1.54, 1.807) is 17.0 Å². The summed E-state index contributed by atoms with van der Waals surface area (Å²) in [5.74, 6) is -2.71. The highest BCUT2D eigenvalue weighted by atomic mass is 32.2. The number of anilines is 2. The molecule has 1 saturated heterocycles. The van der Waals surface area contributed by atoms with Gasteiger partial charge in [-0.15, -0.1) is 0 Å². The average molecular weight is 450 g/mol. The predicted molar refractivity (Wildman–Crippen MR) is 115 cm³/mol. The van der Waals surface area contributed by atoms with Crippen LogP contribution in [0.2, 0.25) is 0 Å². The molecule has 6 nitrogen and oxygen atoms in total. The molecular formula is C22H25F2N3O3S. The fourth-order valence-electron chi connectivity index (χ4n) is 4.15. The molecule has 0 saturated carbocycles. The van der Waals surface area contributed by atoms with Crippen LogP contribution in [0.5, 0.6) is 0 Å². The Hall–Kier alpha value is -2.55. The molecule has 2 aliphatic rings. The summed E-state index contributed by atoms with van der Waals surface area (Å²) in [5, 5.41) is 2.76. The lowest BCUT2D eigenvalue weighted by atomic mass is 10.1. The fraction of sp³-hybridized carbons (Fsp3) is 0.455. The van der Waals surface area contributed by atoms with E-state index in [1.165, 1.54) is 12.1 Å². The molecule has 1 fully saturated rings. The molecule has 9 heteroatoms. The van der Waals surface area contributed by atoms with Gasteiger partial charge in [-0.2, -0.15) is 0 Å². The van der Waals surface area contributed by atoms with Crippen molar-refractivity contribution in [1.29, 1.82) is 0 Å². The quantitative estimate of drug-likeness (QED) is 0.767. The largest absolute Gasteiger partial charge is 0.356 e. The van der Waals surface area contributed by atoms with Crippen molar-refractivity contribution in [3.8, 4) is 0 Å². The summed E-state index contributed by atoms with van der Waals surface area (Å²) in [4.78, 5) is 19.8. The van der Waals surface area contributed by atoms with Gasteiger partial charge in [-0.25, -0.2) is 22.2 Å². The molecule has 2 heterocycles. The van der Waals surface area contributed by atoms with Crippen LogP contribution in [0, 0.1) is 0 Å². The Morgan fingerprint density at radius 2 is 1.94 bits per heavy atom. The lowest BCUT2D eigenvalue weighted by molar-refractivity contribution is -0.0102. The van der Waals surface area contributed by atoms with Crippen LogP contribution in [-0.4, -0.2) is 44.6 Å². The van der Waals surface area contributed by atoms with Gasteiger partial charge in [-0.1, -0.05) is 6.07 Å². The number of hydrogen-bond acceptors (Lipinski definition) is 5. The van der Waals surface area contributed by atoms with Crippen molar-refractivity contribution >= 4 is 27.2 Å². The van der Waals surface area contributed by atoms with Gasteiger partial charge in [0.05, 0.1) is 10.5 Å². The first kappa shape index (κ1) is 21.7. The van der Waals surface area contributed by atoms with E-state index in [-0.39, 0.29) is 24.3 Å². The molecule has 1 aromatic heterocycles. The molecule has 1 amide bonds. The van der Waals surface area contributed by atoms with E-state index in [1.807, 2.05) is 6.07 Å². The number of halogens is 2. The number of sulfone groups is 1. The number of aryl methyl sites for hydroxylation is 2. The first-order valence-corrected chi connectivity index (χ1v) is 12.3. The van der Waals surface area contributed by atoms with Crippen LogP contribution >= 0.6 is 0 Å². The van der Waals surface area contributed by atoms with Crippen molar-refractivity contribution in [3.05, 3.63) is 47.2 Å². The van der Waals surface area contributed by atoms with Crippen molar-refractivity contribution in [2.45, 2.75) is 49.3 Å². The molecule has 0 bridgehead atoms. The molecule has 31 heavy (non-hydrogen) atoms. The van der Waals surface area contributed by atoms with Gasteiger partial charge in [-0.3, -0.25) is 4.79 Å². The van der Waals surface area contributed by atoms with Gasteiger partial charge in [0, 0.05) is 43.6 Å². The molecule has 0 unspecified atom stereocenters. The number of alkyl halides is 2. The molecule has 1 aliphatic heterocycles. The summed E-state index contributed by atoms with van der Waals surface area (Å²) in [6, 6.07) is 7.85. The van der Waals surface area contributed by atoms with Crippen LogP contribution in [-0.2, 0) is 22.7 Å². The van der Waals surface area contributed by atoms with Crippen LogP contribution in [0.25, 0.3) is 0 Å². The van der Waals surface area contributed by atoms with Gasteiger partial charge < -0.3 is 10.2 Å². The summed E-state index contributed by atoms with van der Waals surface area (Å²) in [6.45, 7) is 0.536. The summed E-state index contributed by atoms with van der Waals surface area (Å²) < 4.78 is 51.4. The average Bonchev–Trinajstić information content (AvgIpc) is 3.08. The third kappa shape index (κ3) is 4.87. The third-order valence-electron chi connectivity index (χ3n) is 5.81. The Morgan fingerprint density at radius 3 is 2.71 bits per heavy atom. The van der Waals surface area contributed by atoms with Gasteiger partial charge in [0.15, 0.2) is 9.84 Å². The van der Waals surface area contributed by atoms with Gasteiger partial charge in [0.25, 0.3) is 5.91 Å². The van der Waals surface area contributed by atoms with Crippen molar-refractivity contribution in [3.63, 3.8) is 0 Å². The molecule has 166 valence electrons. The smallest absolute Gasteiger partial charge is 0.259 e. The zero-order chi connectivity index (χ0) is 22.2. The van der Waals surface area contributed by atoms with E-state index in [2.05, 4.69) is 5.32 Å².